The molecule has 124 valence electrons. The van der Waals surface area contributed by atoms with E-state index in [4.69, 9.17) is 0 Å². The average molecular weight is 427 g/mol. The van der Waals surface area contributed by atoms with Gasteiger partial charge in [0.05, 0.1) is 0 Å². The Labute approximate surface area is 146 Å². The largest absolute Gasteiger partial charge is 0.389 e. The molecule has 1 aromatic carbocycles. The molecule has 2 rings (SSSR count). The molecule has 0 radical (unpaired) electrons. The summed E-state index contributed by atoms with van der Waals surface area (Å²) in [5, 5.41) is 3.15. The van der Waals surface area contributed by atoms with Gasteiger partial charge in [-0.15, -0.1) is 24.0 Å². The van der Waals surface area contributed by atoms with Crippen molar-refractivity contribution in [2.24, 2.45) is 4.99 Å². The number of halogens is 4. The van der Waals surface area contributed by atoms with Crippen LogP contribution in [0.2, 0.25) is 0 Å². The molecule has 1 aliphatic rings. The van der Waals surface area contributed by atoms with Crippen LogP contribution in [0.4, 0.5) is 18.9 Å². The monoisotopic (exact) mass is 427 g/mol. The van der Waals surface area contributed by atoms with Crippen molar-refractivity contribution < 1.29 is 13.2 Å². The van der Waals surface area contributed by atoms with Gasteiger partial charge in [-0.05, 0) is 30.9 Å². The topological polar surface area (TPSA) is 27.6 Å². The number of alkyl halides is 3. The first-order valence-electron chi connectivity index (χ1n) is 7.14. The Balaban J connectivity index is 0.00000242. The van der Waals surface area contributed by atoms with Gasteiger partial charge in [0.15, 0.2) is 5.96 Å². The molecule has 0 saturated carbocycles. The van der Waals surface area contributed by atoms with Gasteiger partial charge >= 0.3 is 6.18 Å². The Morgan fingerprint density at radius 2 is 2.00 bits per heavy atom. The molecule has 3 nitrogen and oxygen atoms in total. The zero-order chi connectivity index (χ0) is 15.3. The fourth-order valence-corrected chi connectivity index (χ4v) is 2.50. The van der Waals surface area contributed by atoms with Crippen LogP contribution in [0.3, 0.4) is 0 Å². The maximum absolute atomic E-state index is 12.1. The summed E-state index contributed by atoms with van der Waals surface area (Å²) in [6, 6.07) is 8.12. The number of rotatable bonds is 4. The summed E-state index contributed by atoms with van der Waals surface area (Å²) in [5.74, 6) is 0.729. The van der Waals surface area contributed by atoms with Crippen molar-refractivity contribution >= 4 is 35.6 Å². The first kappa shape index (κ1) is 19.1. The molecule has 22 heavy (non-hydrogen) atoms. The van der Waals surface area contributed by atoms with E-state index in [0.29, 0.717) is 13.0 Å². The lowest BCUT2D eigenvalue weighted by atomic mass is 10.2. The summed E-state index contributed by atoms with van der Waals surface area (Å²) >= 11 is 0. The third kappa shape index (κ3) is 5.33. The fraction of sp³-hybridized carbons (Fsp3) is 0.533. The zero-order valence-electron chi connectivity index (χ0n) is 12.5. The van der Waals surface area contributed by atoms with Crippen molar-refractivity contribution in [1.82, 2.24) is 5.32 Å². The maximum atomic E-state index is 12.1. The summed E-state index contributed by atoms with van der Waals surface area (Å²) in [6.07, 6.45) is -3.20. The number of para-hydroxylation sites is 1. The molecule has 0 aliphatic carbocycles. The molecule has 0 atom stereocenters. The second-order valence-corrected chi connectivity index (χ2v) is 5.08. The van der Waals surface area contributed by atoms with E-state index in [1.54, 1.807) is 7.05 Å². The van der Waals surface area contributed by atoms with E-state index in [0.717, 1.165) is 24.6 Å². The minimum Gasteiger partial charge on any atom is -0.356 e. The van der Waals surface area contributed by atoms with E-state index in [-0.39, 0.29) is 30.4 Å². The summed E-state index contributed by atoms with van der Waals surface area (Å²) in [7, 11) is 1.69. The van der Waals surface area contributed by atoms with E-state index >= 15 is 0 Å². The Morgan fingerprint density at radius 3 is 2.68 bits per heavy atom. The SMILES string of the molecule is CN=C(NCCCCC(F)(F)F)N1CCc2ccccc21.I. The predicted molar refractivity (Wildman–Crippen MR) is 94.2 cm³/mol. The Bertz CT molecular complexity index is 503. The second-order valence-electron chi connectivity index (χ2n) is 5.08. The van der Waals surface area contributed by atoms with E-state index < -0.39 is 12.6 Å². The highest BCUT2D eigenvalue weighted by atomic mass is 127. The molecule has 0 bridgehead atoms. The number of aliphatic imine (C=N–C) groups is 1. The number of unbranched alkanes of at least 4 members (excludes halogenated alkanes) is 1. The van der Waals surface area contributed by atoms with Crippen LogP contribution >= 0.6 is 24.0 Å². The third-order valence-corrected chi connectivity index (χ3v) is 3.52. The minimum absolute atomic E-state index is 0. The quantitative estimate of drug-likeness (QED) is 0.341. The number of anilines is 1. The third-order valence-electron chi connectivity index (χ3n) is 3.52. The van der Waals surface area contributed by atoms with Crippen molar-refractivity contribution in [2.75, 3.05) is 25.0 Å². The molecule has 0 spiro atoms. The molecule has 0 saturated heterocycles. The molecule has 1 aromatic rings. The van der Waals surface area contributed by atoms with Crippen LogP contribution in [0.25, 0.3) is 0 Å². The van der Waals surface area contributed by atoms with Crippen molar-refractivity contribution in [3.05, 3.63) is 29.8 Å². The van der Waals surface area contributed by atoms with Crippen LogP contribution in [-0.4, -0.2) is 32.3 Å². The summed E-state index contributed by atoms with van der Waals surface area (Å²) < 4.78 is 36.2. The Morgan fingerprint density at radius 1 is 1.27 bits per heavy atom. The van der Waals surface area contributed by atoms with Gasteiger partial charge in [-0.2, -0.15) is 13.2 Å². The summed E-state index contributed by atoms with van der Waals surface area (Å²) in [6.45, 7) is 1.35. The highest BCUT2D eigenvalue weighted by molar-refractivity contribution is 14.0. The van der Waals surface area contributed by atoms with Crippen LogP contribution in [0.1, 0.15) is 24.8 Å². The van der Waals surface area contributed by atoms with Gasteiger partial charge in [0.1, 0.15) is 0 Å². The van der Waals surface area contributed by atoms with E-state index in [1.807, 2.05) is 18.2 Å². The standard InChI is InChI=1S/C15H20F3N3.HI/c1-19-14(20-10-5-4-9-15(16,17)18)21-11-8-12-6-2-3-7-13(12)21;/h2-3,6-7H,4-5,8-11H2,1H3,(H,19,20);1H. The van der Waals surface area contributed by atoms with Gasteiger partial charge in [-0.1, -0.05) is 18.2 Å². The van der Waals surface area contributed by atoms with E-state index in [1.165, 1.54) is 5.56 Å². The van der Waals surface area contributed by atoms with Crippen LogP contribution in [-0.2, 0) is 6.42 Å². The van der Waals surface area contributed by atoms with Crippen molar-refractivity contribution in [1.29, 1.82) is 0 Å². The maximum Gasteiger partial charge on any atom is 0.389 e. The highest BCUT2D eigenvalue weighted by Crippen LogP contribution is 2.27. The van der Waals surface area contributed by atoms with Crippen LogP contribution in [0.15, 0.2) is 29.3 Å². The van der Waals surface area contributed by atoms with Crippen molar-refractivity contribution in [3.63, 3.8) is 0 Å². The Kier molecular flexibility index (Phi) is 7.44. The number of nitrogens with one attached hydrogen (secondary N) is 1. The molecule has 7 heteroatoms. The number of nitrogens with zero attached hydrogens (tertiary/aromatic N) is 2. The molecule has 0 amide bonds. The first-order chi connectivity index (χ1) is 10.0. The van der Waals surface area contributed by atoms with Crippen LogP contribution in [0.5, 0.6) is 0 Å². The smallest absolute Gasteiger partial charge is 0.356 e. The number of hydrogen-bond acceptors (Lipinski definition) is 1. The molecular weight excluding hydrogens is 406 g/mol. The van der Waals surface area contributed by atoms with Gasteiger partial charge in [0.25, 0.3) is 0 Å². The first-order valence-corrected chi connectivity index (χ1v) is 7.14. The van der Waals surface area contributed by atoms with Crippen LogP contribution in [0, 0.1) is 0 Å². The summed E-state index contributed by atoms with van der Waals surface area (Å²) in [5.41, 5.74) is 2.40. The number of fused-ring (bicyclic) bond motifs is 1. The normalized spacial score (nSPS) is 14.5. The number of guanidine groups is 1. The molecule has 1 N–H and O–H groups in total. The average Bonchev–Trinajstić information content (AvgIpc) is 2.86. The predicted octanol–water partition coefficient (Wildman–Crippen LogP) is 3.98. The lowest BCUT2D eigenvalue weighted by Gasteiger charge is -2.22. The summed E-state index contributed by atoms with van der Waals surface area (Å²) in [4.78, 5) is 6.31. The van der Waals surface area contributed by atoms with Gasteiger partial charge in [0, 0.05) is 32.2 Å². The second kappa shape index (κ2) is 8.59. The molecule has 1 heterocycles. The van der Waals surface area contributed by atoms with Gasteiger partial charge < -0.3 is 10.2 Å². The highest BCUT2D eigenvalue weighted by Gasteiger charge is 2.26. The molecular formula is C15H21F3IN3. The molecule has 0 aromatic heterocycles. The van der Waals surface area contributed by atoms with Crippen molar-refractivity contribution in [2.45, 2.75) is 31.9 Å². The van der Waals surface area contributed by atoms with Gasteiger partial charge in [-0.3, -0.25) is 4.99 Å². The van der Waals surface area contributed by atoms with Gasteiger partial charge in [0.2, 0.25) is 0 Å². The van der Waals surface area contributed by atoms with E-state index in [9.17, 15) is 13.2 Å². The number of benzene rings is 1. The molecule has 0 fully saturated rings. The molecule has 0 unspecified atom stereocenters. The minimum atomic E-state index is -4.06. The van der Waals surface area contributed by atoms with Crippen LogP contribution < -0.4 is 10.2 Å². The molecule has 1 aliphatic heterocycles. The zero-order valence-corrected chi connectivity index (χ0v) is 14.8. The fourth-order valence-electron chi connectivity index (χ4n) is 2.50. The lowest BCUT2D eigenvalue weighted by molar-refractivity contribution is -0.135. The van der Waals surface area contributed by atoms with Crippen molar-refractivity contribution in [3.8, 4) is 0 Å². The van der Waals surface area contributed by atoms with Gasteiger partial charge in [-0.25, -0.2) is 0 Å². The number of hydrogen-bond donors (Lipinski definition) is 1. The Hall–Kier alpha value is -0.990. The lowest BCUT2D eigenvalue weighted by Crippen LogP contribution is -2.41. The van der Waals surface area contributed by atoms with E-state index in [2.05, 4.69) is 21.3 Å².